The second kappa shape index (κ2) is 8.53. The zero-order chi connectivity index (χ0) is 13.2. The maximum absolute atomic E-state index is 11.9. The molecule has 0 aromatic heterocycles. The highest BCUT2D eigenvalue weighted by molar-refractivity contribution is 5.99. The molecule has 0 heterocycles. The van der Waals surface area contributed by atoms with Gasteiger partial charge in [0.15, 0.2) is 0 Å². The molecule has 0 aliphatic rings. The third-order valence-electron chi connectivity index (χ3n) is 2.62. The second-order valence-corrected chi connectivity index (χ2v) is 4.02. The van der Waals surface area contributed by atoms with E-state index in [4.69, 9.17) is 4.74 Å². The molecule has 1 aromatic carbocycles. The summed E-state index contributed by atoms with van der Waals surface area (Å²) in [6.45, 7) is 3.99. The molecule has 0 spiro atoms. The molecule has 1 aromatic rings. The molecule has 1 rings (SSSR count). The second-order valence-electron chi connectivity index (χ2n) is 4.02. The zero-order valence-corrected chi connectivity index (χ0v) is 11.2. The molecule has 4 nitrogen and oxygen atoms in total. The minimum atomic E-state index is -0.0703. The summed E-state index contributed by atoms with van der Waals surface area (Å²) in [4.78, 5) is 11.9. The van der Waals surface area contributed by atoms with E-state index >= 15 is 0 Å². The molecule has 0 aliphatic heterocycles. The lowest BCUT2D eigenvalue weighted by Crippen LogP contribution is -2.28. The highest BCUT2D eigenvalue weighted by Crippen LogP contribution is 2.13. The average Bonchev–Trinajstić information content (AvgIpc) is 2.42. The van der Waals surface area contributed by atoms with Crippen LogP contribution in [0, 0.1) is 0 Å². The van der Waals surface area contributed by atoms with Crippen molar-refractivity contribution in [3.05, 3.63) is 29.8 Å². The summed E-state index contributed by atoms with van der Waals surface area (Å²) in [5, 5.41) is 5.85. The van der Waals surface area contributed by atoms with Crippen molar-refractivity contribution in [3.63, 3.8) is 0 Å². The molecular formula is C14H22N2O2. The van der Waals surface area contributed by atoms with Crippen LogP contribution in [0.4, 0.5) is 5.69 Å². The fraction of sp³-hybridized carbons (Fsp3) is 0.500. The summed E-state index contributed by atoms with van der Waals surface area (Å²) in [7, 11) is 1.81. The first-order valence-electron chi connectivity index (χ1n) is 6.42. The van der Waals surface area contributed by atoms with Crippen LogP contribution < -0.4 is 10.6 Å². The molecule has 0 saturated heterocycles. The molecule has 100 valence electrons. The maximum atomic E-state index is 11.9. The van der Waals surface area contributed by atoms with Gasteiger partial charge in [0.1, 0.15) is 0 Å². The van der Waals surface area contributed by atoms with Crippen LogP contribution >= 0.6 is 0 Å². The number of nitrogens with one attached hydrogen (secondary N) is 2. The fourth-order valence-corrected chi connectivity index (χ4v) is 1.58. The Labute approximate surface area is 109 Å². The largest absolute Gasteiger partial charge is 0.387 e. The van der Waals surface area contributed by atoms with Crippen LogP contribution in [-0.4, -0.2) is 32.7 Å². The van der Waals surface area contributed by atoms with Crippen molar-refractivity contribution >= 4 is 11.6 Å². The van der Waals surface area contributed by atoms with Crippen molar-refractivity contribution in [2.24, 2.45) is 0 Å². The summed E-state index contributed by atoms with van der Waals surface area (Å²) >= 11 is 0. The number of ether oxygens (including phenoxy) is 1. The van der Waals surface area contributed by atoms with Crippen LogP contribution in [0.5, 0.6) is 0 Å². The van der Waals surface area contributed by atoms with Gasteiger partial charge in [-0.3, -0.25) is 4.79 Å². The van der Waals surface area contributed by atoms with Crippen LogP contribution in [0.3, 0.4) is 0 Å². The van der Waals surface area contributed by atoms with E-state index in [1.165, 1.54) is 0 Å². The van der Waals surface area contributed by atoms with Gasteiger partial charge in [-0.25, -0.2) is 0 Å². The summed E-state index contributed by atoms with van der Waals surface area (Å²) in [6, 6.07) is 7.44. The highest BCUT2D eigenvalue weighted by atomic mass is 16.5. The molecule has 4 heteroatoms. The number of carbonyl (C=O) groups is 1. The summed E-state index contributed by atoms with van der Waals surface area (Å²) in [6.07, 6.45) is 2.19. The predicted molar refractivity (Wildman–Crippen MR) is 74.0 cm³/mol. The molecule has 0 radical (unpaired) electrons. The minimum absolute atomic E-state index is 0.0703. The summed E-state index contributed by atoms with van der Waals surface area (Å²) < 4.78 is 5.39. The van der Waals surface area contributed by atoms with Crippen molar-refractivity contribution in [1.82, 2.24) is 5.32 Å². The van der Waals surface area contributed by atoms with E-state index in [0.717, 1.165) is 25.1 Å². The SMILES string of the molecule is CCCCOCCNC(=O)c1ccccc1NC. The molecule has 18 heavy (non-hydrogen) atoms. The highest BCUT2D eigenvalue weighted by Gasteiger charge is 2.08. The van der Waals surface area contributed by atoms with Gasteiger partial charge in [-0.2, -0.15) is 0 Å². The Bertz CT molecular complexity index is 367. The maximum Gasteiger partial charge on any atom is 0.253 e. The lowest BCUT2D eigenvalue weighted by atomic mass is 10.1. The lowest BCUT2D eigenvalue weighted by molar-refractivity contribution is 0.0913. The van der Waals surface area contributed by atoms with Crippen molar-refractivity contribution in [2.45, 2.75) is 19.8 Å². The van der Waals surface area contributed by atoms with Crippen molar-refractivity contribution in [3.8, 4) is 0 Å². The van der Waals surface area contributed by atoms with Gasteiger partial charge >= 0.3 is 0 Å². The van der Waals surface area contributed by atoms with E-state index in [-0.39, 0.29) is 5.91 Å². The Balaban J connectivity index is 2.32. The topological polar surface area (TPSA) is 50.4 Å². The minimum Gasteiger partial charge on any atom is -0.387 e. The molecule has 0 fully saturated rings. The van der Waals surface area contributed by atoms with Crippen LogP contribution in [-0.2, 0) is 4.74 Å². The van der Waals surface area contributed by atoms with E-state index in [0.29, 0.717) is 18.7 Å². The Kier molecular flexibility index (Phi) is 6.87. The number of carbonyl (C=O) groups excluding carboxylic acids is 1. The van der Waals surface area contributed by atoms with Gasteiger partial charge in [-0.05, 0) is 18.6 Å². The fourth-order valence-electron chi connectivity index (χ4n) is 1.58. The lowest BCUT2D eigenvalue weighted by Gasteiger charge is -2.09. The van der Waals surface area contributed by atoms with Gasteiger partial charge in [0.2, 0.25) is 0 Å². The van der Waals surface area contributed by atoms with Gasteiger partial charge < -0.3 is 15.4 Å². The number of anilines is 1. The van der Waals surface area contributed by atoms with Crippen molar-refractivity contribution < 1.29 is 9.53 Å². The van der Waals surface area contributed by atoms with E-state index < -0.39 is 0 Å². The number of rotatable bonds is 8. The molecule has 2 N–H and O–H groups in total. The molecule has 0 unspecified atom stereocenters. The van der Waals surface area contributed by atoms with E-state index in [2.05, 4.69) is 17.6 Å². The Morgan fingerprint density at radius 1 is 1.28 bits per heavy atom. The Morgan fingerprint density at radius 2 is 2.06 bits per heavy atom. The molecule has 0 bridgehead atoms. The zero-order valence-electron chi connectivity index (χ0n) is 11.2. The first-order valence-corrected chi connectivity index (χ1v) is 6.42. The van der Waals surface area contributed by atoms with Crippen LogP contribution in [0.2, 0.25) is 0 Å². The van der Waals surface area contributed by atoms with E-state index in [1.54, 1.807) is 13.1 Å². The first-order chi connectivity index (χ1) is 8.79. The molecule has 0 aliphatic carbocycles. The monoisotopic (exact) mass is 250 g/mol. The molecule has 1 amide bonds. The van der Waals surface area contributed by atoms with Gasteiger partial charge in [0, 0.05) is 25.9 Å². The van der Waals surface area contributed by atoms with Crippen LogP contribution in [0.1, 0.15) is 30.1 Å². The third kappa shape index (κ3) is 4.75. The van der Waals surface area contributed by atoms with Crippen molar-refractivity contribution in [2.75, 3.05) is 32.1 Å². The number of benzene rings is 1. The van der Waals surface area contributed by atoms with Gasteiger partial charge in [-0.1, -0.05) is 25.5 Å². The molecule has 0 atom stereocenters. The smallest absolute Gasteiger partial charge is 0.253 e. The van der Waals surface area contributed by atoms with E-state index in [1.807, 2.05) is 18.2 Å². The standard InChI is InChI=1S/C14H22N2O2/c1-3-4-10-18-11-9-16-14(17)12-7-5-6-8-13(12)15-2/h5-8,15H,3-4,9-11H2,1-2H3,(H,16,17). The number of amides is 1. The predicted octanol–water partition coefficient (Wildman–Crippen LogP) is 2.27. The number of unbranched alkanes of at least 4 members (excludes halogenated alkanes) is 1. The number of para-hydroxylation sites is 1. The summed E-state index contributed by atoms with van der Waals surface area (Å²) in [5.41, 5.74) is 1.50. The quantitative estimate of drug-likeness (QED) is 0.696. The number of hydrogen-bond donors (Lipinski definition) is 2. The van der Waals surface area contributed by atoms with Gasteiger partial charge in [0.05, 0.1) is 12.2 Å². The normalized spacial score (nSPS) is 10.1. The Morgan fingerprint density at radius 3 is 2.78 bits per heavy atom. The van der Waals surface area contributed by atoms with Crippen LogP contribution in [0.15, 0.2) is 24.3 Å². The molecular weight excluding hydrogens is 228 g/mol. The van der Waals surface area contributed by atoms with Gasteiger partial charge in [-0.15, -0.1) is 0 Å². The van der Waals surface area contributed by atoms with Crippen LogP contribution in [0.25, 0.3) is 0 Å². The average molecular weight is 250 g/mol. The van der Waals surface area contributed by atoms with Gasteiger partial charge in [0.25, 0.3) is 5.91 Å². The molecule has 0 saturated carbocycles. The Hall–Kier alpha value is -1.55. The van der Waals surface area contributed by atoms with Crippen molar-refractivity contribution in [1.29, 1.82) is 0 Å². The number of hydrogen-bond acceptors (Lipinski definition) is 3. The first kappa shape index (κ1) is 14.5. The third-order valence-corrected chi connectivity index (χ3v) is 2.62. The van der Waals surface area contributed by atoms with E-state index in [9.17, 15) is 4.79 Å². The summed E-state index contributed by atoms with van der Waals surface area (Å²) in [5.74, 6) is -0.0703.